The SMILES string of the molecule is COc1ccc(NC(=O)C(C)O/N=C(\C)c2ccc(NC(C)=O)cc2)cc1. The van der Waals surface area contributed by atoms with Crippen molar-refractivity contribution in [1.29, 1.82) is 0 Å². The number of hydrogen-bond acceptors (Lipinski definition) is 5. The van der Waals surface area contributed by atoms with Crippen molar-refractivity contribution in [1.82, 2.24) is 0 Å². The van der Waals surface area contributed by atoms with Gasteiger partial charge in [0, 0.05) is 18.3 Å². The molecule has 27 heavy (non-hydrogen) atoms. The van der Waals surface area contributed by atoms with Gasteiger partial charge < -0.3 is 20.2 Å². The van der Waals surface area contributed by atoms with Gasteiger partial charge in [-0.3, -0.25) is 9.59 Å². The Hall–Kier alpha value is -3.35. The standard InChI is InChI=1S/C20H23N3O4/c1-13(16-5-7-17(8-6-16)21-15(3)24)23-27-14(2)20(25)22-18-9-11-19(26-4)12-10-18/h5-12,14H,1-4H3,(H,21,24)(H,22,25)/b23-13+. The van der Waals surface area contributed by atoms with Gasteiger partial charge in [-0.2, -0.15) is 0 Å². The second-order valence-corrected chi connectivity index (χ2v) is 5.90. The lowest BCUT2D eigenvalue weighted by molar-refractivity contribution is -0.126. The second-order valence-electron chi connectivity index (χ2n) is 5.90. The summed E-state index contributed by atoms with van der Waals surface area (Å²) in [5.41, 5.74) is 2.79. The zero-order chi connectivity index (χ0) is 19.8. The molecule has 0 fully saturated rings. The number of ether oxygens (including phenoxy) is 1. The highest BCUT2D eigenvalue weighted by Crippen LogP contribution is 2.15. The summed E-state index contributed by atoms with van der Waals surface area (Å²) in [5.74, 6) is 0.271. The smallest absolute Gasteiger partial charge is 0.267 e. The van der Waals surface area contributed by atoms with E-state index in [0.29, 0.717) is 22.8 Å². The van der Waals surface area contributed by atoms with Gasteiger partial charge in [0.1, 0.15) is 5.75 Å². The van der Waals surface area contributed by atoms with Crippen molar-refractivity contribution >= 4 is 28.9 Å². The molecule has 0 bridgehead atoms. The molecular formula is C20H23N3O4. The molecule has 0 saturated heterocycles. The van der Waals surface area contributed by atoms with Crippen LogP contribution in [0.15, 0.2) is 53.7 Å². The number of oxime groups is 1. The number of hydrogen-bond donors (Lipinski definition) is 2. The topological polar surface area (TPSA) is 89.0 Å². The minimum atomic E-state index is -0.763. The fourth-order valence-electron chi connectivity index (χ4n) is 2.17. The summed E-state index contributed by atoms with van der Waals surface area (Å²) < 4.78 is 5.08. The maximum absolute atomic E-state index is 12.2. The van der Waals surface area contributed by atoms with Crippen LogP contribution in [0.25, 0.3) is 0 Å². The Balaban J connectivity index is 1.92. The third-order valence-electron chi connectivity index (χ3n) is 3.70. The average molecular weight is 369 g/mol. The number of nitrogens with zero attached hydrogens (tertiary/aromatic N) is 1. The molecule has 0 aliphatic carbocycles. The van der Waals surface area contributed by atoms with Gasteiger partial charge in [0.25, 0.3) is 5.91 Å². The van der Waals surface area contributed by atoms with Crippen LogP contribution in [-0.2, 0) is 14.4 Å². The zero-order valence-electron chi connectivity index (χ0n) is 15.8. The molecule has 0 aliphatic rings. The van der Waals surface area contributed by atoms with E-state index in [1.165, 1.54) is 6.92 Å². The molecule has 2 rings (SSSR count). The van der Waals surface area contributed by atoms with Crippen LogP contribution in [0.1, 0.15) is 26.3 Å². The van der Waals surface area contributed by atoms with Gasteiger partial charge in [-0.25, -0.2) is 0 Å². The first-order chi connectivity index (χ1) is 12.9. The van der Waals surface area contributed by atoms with Crippen LogP contribution in [-0.4, -0.2) is 30.7 Å². The molecule has 7 nitrogen and oxygen atoms in total. The number of amides is 2. The molecule has 2 N–H and O–H groups in total. The molecule has 2 aromatic carbocycles. The van der Waals surface area contributed by atoms with E-state index in [4.69, 9.17) is 9.57 Å². The first kappa shape index (κ1) is 20.0. The normalized spacial score (nSPS) is 12.1. The summed E-state index contributed by atoms with van der Waals surface area (Å²) in [5, 5.41) is 9.47. The number of benzene rings is 2. The van der Waals surface area contributed by atoms with Gasteiger partial charge in [0.2, 0.25) is 12.0 Å². The molecule has 7 heteroatoms. The predicted octanol–water partition coefficient (Wildman–Crippen LogP) is 3.42. The minimum Gasteiger partial charge on any atom is -0.497 e. The number of carbonyl (C=O) groups excluding carboxylic acids is 2. The average Bonchev–Trinajstić information content (AvgIpc) is 2.66. The van der Waals surface area contributed by atoms with Crippen LogP contribution in [0.4, 0.5) is 11.4 Å². The summed E-state index contributed by atoms with van der Waals surface area (Å²) in [6.45, 7) is 4.85. The van der Waals surface area contributed by atoms with Crippen LogP contribution in [0.3, 0.4) is 0 Å². The van der Waals surface area contributed by atoms with Gasteiger partial charge in [-0.05, 0) is 55.8 Å². The monoisotopic (exact) mass is 369 g/mol. The highest BCUT2D eigenvalue weighted by atomic mass is 16.6. The Morgan fingerprint density at radius 1 is 0.926 bits per heavy atom. The lowest BCUT2D eigenvalue weighted by Gasteiger charge is -2.12. The van der Waals surface area contributed by atoms with Crippen molar-refractivity contribution in [2.45, 2.75) is 26.9 Å². The molecule has 0 heterocycles. The van der Waals surface area contributed by atoms with Crippen LogP contribution < -0.4 is 15.4 Å². The van der Waals surface area contributed by atoms with Crippen LogP contribution >= 0.6 is 0 Å². The van der Waals surface area contributed by atoms with E-state index >= 15 is 0 Å². The van der Waals surface area contributed by atoms with E-state index in [9.17, 15) is 9.59 Å². The highest BCUT2D eigenvalue weighted by Gasteiger charge is 2.14. The van der Waals surface area contributed by atoms with Gasteiger partial charge in [0.05, 0.1) is 12.8 Å². The maximum atomic E-state index is 12.2. The van der Waals surface area contributed by atoms with E-state index in [1.54, 1.807) is 57.4 Å². The van der Waals surface area contributed by atoms with Gasteiger partial charge >= 0.3 is 0 Å². The molecule has 142 valence electrons. The lowest BCUT2D eigenvalue weighted by atomic mass is 10.1. The summed E-state index contributed by atoms with van der Waals surface area (Å²) >= 11 is 0. The molecule has 1 unspecified atom stereocenters. The van der Waals surface area contributed by atoms with E-state index in [-0.39, 0.29) is 11.8 Å². The van der Waals surface area contributed by atoms with Gasteiger partial charge in [-0.15, -0.1) is 0 Å². The van der Waals surface area contributed by atoms with Crippen LogP contribution in [0.5, 0.6) is 5.75 Å². The first-order valence-electron chi connectivity index (χ1n) is 8.42. The number of carbonyl (C=O) groups is 2. The Morgan fingerprint density at radius 2 is 1.48 bits per heavy atom. The molecule has 0 spiro atoms. The third kappa shape index (κ3) is 6.14. The molecule has 0 saturated carbocycles. The lowest BCUT2D eigenvalue weighted by Crippen LogP contribution is -2.26. The number of methoxy groups -OCH3 is 1. The third-order valence-corrected chi connectivity index (χ3v) is 3.70. The van der Waals surface area contributed by atoms with Crippen molar-refractivity contribution in [2.75, 3.05) is 17.7 Å². The fraction of sp³-hybridized carbons (Fsp3) is 0.250. The highest BCUT2D eigenvalue weighted by molar-refractivity contribution is 5.99. The van der Waals surface area contributed by atoms with E-state index in [1.807, 2.05) is 12.1 Å². The maximum Gasteiger partial charge on any atom is 0.267 e. The van der Waals surface area contributed by atoms with E-state index in [0.717, 1.165) is 5.56 Å². The summed E-state index contributed by atoms with van der Waals surface area (Å²) in [7, 11) is 1.58. The Morgan fingerprint density at radius 3 is 2.04 bits per heavy atom. The summed E-state index contributed by atoms with van der Waals surface area (Å²) in [4.78, 5) is 28.5. The fourth-order valence-corrected chi connectivity index (χ4v) is 2.17. The molecular weight excluding hydrogens is 346 g/mol. The van der Waals surface area contributed by atoms with Gasteiger partial charge in [0.15, 0.2) is 0 Å². The van der Waals surface area contributed by atoms with E-state index < -0.39 is 6.10 Å². The molecule has 1 atom stereocenters. The Bertz CT molecular complexity index is 814. The van der Waals surface area contributed by atoms with Crippen molar-refractivity contribution in [2.24, 2.45) is 5.16 Å². The summed E-state index contributed by atoms with van der Waals surface area (Å²) in [6.07, 6.45) is -0.763. The van der Waals surface area contributed by atoms with Crippen molar-refractivity contribution in [3.05, 3.63) is 54.1 Å². The second kappa shape index (κ2) is 9.38. The Kier molecular flexibility index (Phi) is 6.93. The van der Waals surface area contributed by atoms with E-state index in [2.05, 4.69) is 15.8 Å². The largest absolute Gasteiger partial charge is 0.497 e. The molecule has 2 aromatic rings. The van der Waals surface area contributed by atoms with Crippen LogP contribution in [0, 0.1) is 0 Å². The number of nitrogens with one attached hydrogen (secondary N) is 2. The van der Waals surface area contributed by atoms with Crippen LogP contribution in [0.2, 0.25) is 0 Å². The molecule has 2 amide bonds. The first-order valence-corrected chi connectivity index (χ1v) is 8.42. The quantitative estimate of drug-likeness (QED) is 0.578. The molecule has 0 aromatic heterocycles. The number of rotatable bonds is 7. The van der Waals surface area contributed by atoms with Gasteiger partial charge in [-0.1, -0.05) is 17.3 Å². The Labute approximate surface area is 158 Å². The molecule has 0 radical (unpaired) electrons. The summed E-state index contributed by atoms with van der Waals surface area (Å²) in [6, 6.07) is 14.2. The minimum absolute atomic E-state index is 0.131. The van der Waals surface area contributed by atoms with Crippen molar-refractivity contribution in [3.8, 4) is 5.75 Å². The van der Waals surface area contributed by atoms with Crippen molar-refractivity contribution in [3.63, 3.8) is 0 Å². The predicted molar refractivity (Wildman–Crippen MR) is 105 cm³/mol. The van der Waals surface area contributed by atoms with Crippen molar-refractivity contribution < 1.29 is 19.2 Å². The number of anilines is 2. The molecule has 0 aliphatic heterocycles. The zero-order valence-corrected chi connectivity index (χ0v) is 15.8.